The third-order valence-corrected chi connectivity index (χ3v) is 6.68. The average molecular weight is 469 g/mol. The number of benzene rings is 1. The van der Waals surface area contributed by atoms with Crippen LogP contribution in [-0.4, -0.2) is 60.5 Å². The van der Waals surface area contributed by atoms with E-state index in [1.807, 2.05) is 19.9 Å². The van der Waals surface area contributed by atoms with Gasteiger partial charge in [-0.05, 0) is 37.5 Å². The number of thiazole rings is 1. The van der Waals surface area contributed by atoms with Gasteiger partial charge in [0.15, 0.2) is 0 Å². The second-order valence-electron chi connectivity index (χ2n) is 7.83. The summed E-state index contributed by atoms with van der Waals surface area (Å²) in [6.07, 6.45) is 7.10. The van der Waals surface area contributed by atoms with Crippen molar-refractivity contribution < 1.29 is 9.53 Å². The van der Waals surface area contributed by atoms with Crippen LogP contribution < -0.4 is 15.1 Å². The summed E-state index contributed by atoms with van der Waals surface area (Å²) >= 11 is 1.44. The van der Waals surface area contributed by atoms with Crippen molar-refractivity contribution in [3.05, 3.63) is 41.7 Å². The molecule has 0 radical (unpaired) electrons. The molecule has 1 amide bonds. The number of H-pyrrole nitrogens is 1. The lowest BCUT2D eigenvalue weighted by Gasteiger charge is -2.33. The number of hydrogen-bond donors (Lipinski definition) is 2. The minimum atomic E-state index is -0.191. The maximum absolute atomic E-state index is 13.0. The van der Waals surface area contributed by atoms with E-state index in [2.05, 4.69) is 42.4 Å². The number of anilines is 3. The van der Waals surface area contributed by atoms with Gasteiger partial charge in [-0.3, -0.25) is 9.89 Å². The third kappa shape index (κ3) is 5.54. The minimum absolute atomic E-state index is 0.191. The standard InChI is InChI=1S/C22H26N6O2S.C2H6/c29-21(19-15-31-22(26-19)16-13-23-24-14-16)25-18-5-4-17(27-8-10-30-11-9-27)12-20(18)28-6-2-1-3-7-28;1-2/h4-5,12-15H,1-3,6-11H2,(H,23,24)(H,25,29);1-2H3. The van der Waals surface area contributed by atoms with Crippen LogP contribution >= 0.6 is 11.3 Å². The Morgan fingerprint density at radius 2 is 1.88 bits per heavy atom. The predicted octanol–water partition coefficient (Wildman–Crippen LogP) is 4.64. The van der Waals surface area contributed by atoms with Gasteiger partial charge in [-0.15, -0.1) is 11.3 Å². The SMILES string of the molecule is CC.O=C(Nc1ccc(N2CCOCC2)cc1N1CCCCC1)c1csc(-c2cn[nH]c2)n1. The highest BCUT2D eigenvalue weighted by Gasteiger charge is 2.20. The van der Waals surface area contributed by atoms with Crippen molar-refractivity contribution in [3.63, 3.8) is 0 Å². The molecule has 5 rings (SSSR count). The van der Waals surface area contributed by atoms with Crippen LogP contribution in [0.5, 0.6) is 0 Å². The smallest absolute Gasteiger partial charge is 0.275 e. The molecule has 1 aromatic carbocycles. The van der Waals surface area contributed by atoms with Crippen LogP contribution in [0.1, 0.15) is 43.6 Å². The Bertz CT molecular complexity index is 1020. The Labute approximate surface area is 199 Å². The van der Waals surface area contributed by atoms with Gasteiger partial charge in [0.05, 0.1) is 30.8 Å². The first kappa shape index (κ1) is 23.3. The second kappa shape index (κ2) is 11.3. The van der Waals surface area contributed by atoms with Gasteiger partial charge in [-0.25, -0.2) is 4.98 Å². The Morgan fingerprint density at radius 3 is 2.61 bits per heavy atom. The fourth-order valence-electron chi connectivity index (χ4n) is 4.11. The van der Waals surface area contributed by atoms with E-state index >= 15 is 0 Å². The molecule has 3 aromatic rings. The van der Waals surface area contributed by atoms with E-state index < -0.39 is 0 Å². The molecule has 0 saturated carbocycles. The van der Waals surface area contributed by atoms with Gasteiger partial charge < -0.3 is 19.9 Å². The summed E-state index contributed by atoms with van der Waals surface area (Å²) in [5.41, 5.74) is 4.40. The number of carbonyl (C=O) groups excluding carboxylic acids is 1. The molecule has 2 fully saturated rings. The molecular weight excluding hydrogens is 436 g/mol. The van der Waals surface area contributed by atoms with Gasteiger partial charge in [-0.1, -0.05) is 13.8 Å². The average Bonchev–Trinajstić information content (AvgIpc) is 3.59. The van der Waals surface area contributed by atoms with E-state index in [-0.39, 0.29) is 5.91 Å². The highest BCUT2D eigenvalue weighted by atomic mass is 32.1. The van der Waals surface area contributed by atoms with Crippen molar-refractivity contribution in [3.8, 4) is 10.6 Å². The molecule has 0 bridgehead atoms. The van der Waals surface area contributed by atoms with E-state index in [0.717, 1.165) is 61.3 Å². The normalized spacial score (nSPS) is 16.2. The van der Waals surface area contributed by atoms with Crippen LogP contribution in [0.15, 0.2) is 36.0 Å². The van der Waals surface area contributed by atoms with Crippen molar-refractivity contribution in [1.82, 2.24) is 15.2 Å². The number of hydrogen-bond acceptors (Lipinski definition) is 7. The molecule has 0 atom stereocenters. The van der Waals surface area contributed by atoms with Crippen LogP contribution in [0.2, 0.25) is 0 Å². The maximum Gasteiger partial charge on any atom is 0.275 e. The van der Waals surface area contributed by atoms with Crippen molar-refractivity contribution in [2.75, 3.05) is 54.5 Å². The highest BCUT2D eigenvalue weighted by molar-refractivity contribution is 7.13. The summed E-state index contributed by atoms with van der Waals surface area (Å²) in [7, 11) is 0. The number of ether oxygens (including phenoxy) is 1. The zero-order valence-electron chi connectivity index (χ0n) is 19.3. The Morgan fingerprint density at radius 1 is 1.09 bits per heavy atom. The molecule has 0 unspecified atom stereocenters. The lowest BCUT2D eigenvalue weighted by atomic mass is 10.1. The third-order valence-electron chi connectivity index (χ3n) is 5.78. The molecule has 8 nitrogen and oxygen atoms in total. The molecule has 2 aliphatic heterocycles. The molecule has 4 heterocycles. The van der Waals surface area contributed by atoms with Gasteiger partial charge in [0.2, 0.25) is 0 Å². The predicted molar refractivity (Wildman–Crippen MR) is 135 cm³/mol. The number of morpholine rings is 1. The quantitative estimate of drug-likeness (QED) is 0.567. The number of aromatic amines is 1. The van der Waals surface area contributed by atoms with Crippen LogP contribution in [0.4, 0.5) is 17.1 Å². The number of aromatic nitrogens is 3. The molecule has 9 heteroatoms. The fourth-order valence-corrected chi connectivity index (χ4v) is 4.89. The summed E-state index contributed by atoms with van der Waals surface area (Å²) < 4.78 is 5.50. The first-order valence-electron chi connectivity index (χ1n) is 11.8. The van der Waals surface area contributed by atoms with E-state index in [1.54, 1.807) is 17.8 Å². The van der Waals surface area contributed by atoms with Crippen LogP contribution in [0.25, 0.3) is 10.6 Å². The number of nitrogens with zero attached hydrogens (tertiary/aromatic N) is 4. The second-order valence-corrected chi connectivity index (χ2v) is 8.69. The first-order valence-corrected chi connectivity index (χ1v) is 12.6. The number of carbonyl (C=O) groups is 1. The van der Waals surface area contributed by atoms with E-state index in [4.69, 9.17) is 4.74 Å². The molecule has 176 valence electrons. The van der Waals surface area contributed by atoms with Gasteiger partial charge in [0, 0.05) is 49.0 Å². The summed E-state index contributed by atoms with van der Waals surface area (Å²) in [6.45, 7) is 9.30. The van der Waals surface area contributed by atoms with E-state index in [9.17, 15) is 4.79 Å². The fraction of sp³-hybridized carbons (Fsp3) is 0.458. The molecule has 2 aromatic heterocycles. The van der Waals surface area contributed by atoms with Gasteiger partial charge in [-0.2, -0.15) is 5.10 Å². The van der Waals surface area contributed by atoms with Crippen LogP contribution in [0, 0.1) is 0 Å². The molecular formula is C24H32N6O2S. The highest BCUT2D eigenvalue weighted by Crippen LogP contribution is 2.34. The molecule has 2 aliphatic rings. The zero-order valence-corrected chi connectivity index (χ0v) is 20.2. The van der Waals surface area contributed by atoms with Crippen molar-refractivity contribution in [2.24, 2.45) is 0 Å². The Balaban J connectivity index is 0.00000126. The minimum Gasteiger partial charge on any atom is -0.378 e. The topological polar surface area (TPSA) is 86.4 Å². The largest absolute Gasteiger partial charge is 0.378 e. The van der Waals surface area contributed by atoms with Gasteiger partial charge >= 0.3 is 0 Å². The number of nitrogens with one attached hydrogen (secondary N) is 2. The monoisotopic (exact) mass is 468 g/mol. The molecule has 2 saturated heterocycles. The summed E-state index contributed by atoms with van der Waals surface area (Å²) in [5.74, 6) is -0.191. The summed E-state index contributed by atoms with van der Waals surface area (Å²) in [6, 6.07) is 6.33. The molecule has 2 N–H and O–H groups in total. The number of amides is 1. The van der Waals surface area contributed by atoms with E-state index in [1.165, 1.54) is 36.3 Å². The Kier molecular flexibility index (Phi) is 7.96. The first-order chi connectivity index (χ1) is 16.3. The molecule has 0 spiro atoms. The van der Waals surface area contributed by atoms with Crippen molar-refractivity contribution in [1.29, 1.82) is 0 Å². The molecule has 0 aliphatic carbocycles. The van der Waals surface area contributed by atoms with Crippen LogP contribution in [0.3, 0.4) is 0 Å². The maximum atomic E-state index is 13.0. The Hall–Kier alpha value is -2.91. The summed E-state index contributed by atoms with van der Waals surface area (Å²) in [5, 5.41) is 12.4. The van der Waals surface area contributed by atoms with Crippen molar-refractivity contribution in [2.45, 2.75) is 33.1 Å². The van der Waals surface area contributed by atoms with Gasteiger partial charge in [0.1, 0.15) is 10.7 Å². The lowest BCUT2D eigenvalue weighted by Crippen LogP contribution is -2.36. The number of rotatable bonds is 5. The lowest BCUT2D eigenvalue weighted by molar-refractivity contribution is 0.102. The van der Waals surface area contributed by atoms with E-state index in [0.29, 0.717) is 5.69 Å². The summed E-state index contributed by atoms with van der Waals surface area (Å²) in [4.78, 5) is 22.2. The zero-order chi connectivity index (χ0) is 23.0. The van der Waals surface area contributed by atoms with Crippen molar-refractivity contribution >= 4 is 34.3 Å². The molecule has 33 heavy (non-hydrogen) atoms. The van der Waals surface area contributed by atoms with Gasteiger partial charge in [0.25, 0.3) is 5.91 Å². The number of piperidine rings is 1. The van der Waals surface area contributed by atoms with Crippen LogP contribution in [-0.2, 0) is 4.74 Å².